The Morgan fingerprint density at radius 1 is 0.707 bits per heavy atom. The highest BCUT2D eigenvalue weighted by atomic mass is 16.2. The molecule has 2 fully saturated rings. The van der Waals surface area contributed by atoms with Crippen LogP contribution in [0.5, 0.6) is 0 Å². The van der Waals surface area contributed by atoms with Crippen LogP contribution in [0.3, 0.4) is 0 Å². The summed E-state index contributed by atoms with van der Waals surface area (Å²) in [6.07, 6.45) is 10.9. The Hall–Kier alpha value is -4.90. The van der Waals surface area contributed by atoms with Gasteiger partial charge in [-0.25, -0.2) is 9.97 Å². The van der Waals surface area contributed by atoms with Crippen LogP contribution in [0.4, 0.5) is 0 Å². The summed E-state index contributed by atoms with van der Waals surface area (Å²) in [6.45, 7) is 13.3. The Labute approximate surface area is 344 Å². The lowest BCUT2D eigenvalue weighted by atomic mass is 9.83. The van der Waals surface area contributed by atoms with Gasteiger partial charge in [-0.3, -0.25) is 24.7 Å². The van der Waals surface area contributed by atoms with Crippen molar-refractivity contribution in [2.75, 3.05) is 39.3 Å². The number of aromatic amines is 2. The summed E-state index contributed by atoms with van der Waals surface area (Å²) in [5.74, 6) is 1.96. The van der Waals surface area contributed by atoms with Gasteiger partial charge in [0.2, 0.25) is 5.91 Å². The minimum absolute atomic E-state index is 0.0348. The normalized spacial score (nSPS) is 19.3. The third-order valence-corrected chi connectivity index (χ3v) is 12.6. The number of nitrogens with zero attached hydrogens (tertiary/aromatic N) is 5. The van der Waals surface area contributed by atoms with Crippen LogP contribution in [0.25, 0.3) is 0 Å². The van der Waals surface area contributed by atoms with Crippen molar-refractivity contribution in [1.82, 2.24) is 40.0 Å². The zero-order valence-electron chi connectivity index (χ0n) is 34.9. The van der Waals surface area contributed by atoms with Crippen molar-refractivity contribution in [3.63, 3.8) is 0 Å². The minimum Gasteiger partial charge on any atom is -0.344 e. The van der Waals surface area contributed by atoms with E-state index in [-0.39, 0.29) is 29.8 Å². The molecule has 10 heteroatoms. The number of nitrogens with one attached hydrogen (secondary N) is 3. The Balaban J connectivity index is 0.952. The molecule has 2 aromatic heterocycles. The van der Waals surface area contributed by atoms with Crippen LogP contribution in [-0.2, 0) is 40.8 Å². The predicted octanol–water partition coefficient (Wildman–Crippen LogP) is 7.68. The molecule has 2 aliphatic heterocycles. The molecule has 3 N–H and O–H groups in total. The number of benzene rings is 3. The molecular weight excluding hydrogens is 721 g/mol. The van der Waals surface area contributed by atoms with Crippen LogP contribution in [0.2, 0.25) is 0 Å². The van der Waals surface area contributed by atoms with Gasteiger partial charge in [0.1, 0.15) is 23.2 Å². The fraction of sp³-hybridized carbons (Fsp3) is 0.458. The van der Waals surface area contributed by atoms with Crippen molar-refractivity contribution in [3.05, 3.63) is 143 Å². The number of Topliss-reactive ketones (excluding diaryl/α,β-unsaturated/α-hetero) is 1. The number of likely N-dealkylation sites (N-methyl/N-ethyl adjacent to an activating group) is 2. The number of hydrogen-bond acceptors (Lipinski definition) is 7. The fourth-order valence-corrected chi connectivity index (χ4v) is 9.27. The molecule has 5 aromatic rings. The van der Waals surface area contributed by atoms with E-state index in [4.69, 9.17) is 9.97 Å². The smallest absolute Gasteiger partial charge is 0.245 e. The predicted molar refractivity (Wildman–Crippen MR) is 230 cm³/mol. The van der Waals surface area contributed by atoms with Crippen molar-refractivity contribution in [2.24, 2.45) is 0 Å². The van der Waals surface area contributed by atoms with Gasteiger partial charge in [-0.05, 0) is 106 Å². The van der Waals surface area contributed by atoms with Gasteiger partial charge in [0.15, 0.2) is 5.78 Å². The average Bonchev–Trinajstić information content (AvgIpc) is 4.12. The summed E-state index contributed by atoms with van der Waals surface area (Å²) in [4.78, 5) is 52.2. The summed E-state index contributed by atoms with van der Waals surface area (Å²) in [7, 11) is 0. The number of aromatic nitrogens is 4. The van der Waals surface area contributed by atoms with E-state index in [2.05, 4.69) is 106 Å². The lowest BCUT2D eigenvalue weighted by Crippen LogP contribution is -2.51. The molecule has 2 saturated heterocycles. The molecule has 4 atom stereocenters. The fourth-order valence-electron chi connectivity index (χ4n) is 9.27. The SMILES string of the molecule is CCN(CC)[C@@H](C(=O)N1CCC[C@H]1c1ncc(CCc2ccc(CCc3cnc([C@]4(C(=O)[C@@H](c5ccccc5)N(CC)CC)CCCN4)[nH]3)cc2)[nH]1)c1ccccc1. The number of carbonyl (C=O) groups is 2. The zero-order chi connectivity index (χ0) is 40.5. The number of rotatable bonds is 19. The first-order chi connectivity index (χ1) is 28.4. The highest BCUT2D eigenvalue weighted by Gasteiger charge is 2.49. The highest BCUT2D eigenvalue weighted by molar-refractivity contribution is 5.94. The van der Waals surface area contributed by atoms with Crippen LogP contribution in [0.15, 0.2) is 97.3 Å². The number of carbonyl (C=O) groups excluding carboxylic acids is 2. The first-order valence-electron chi connectivity index (χ1n) is 21.7. The molecule has 0 saturated carbocycles. The molecule has 2 aliphatic rings. The second-order valence-electron chi connectivity index (χ2n) is 15.9. The van der Waals surface area contributed by atoms with E-state index in [1.54, 1.807) is 0 Å². The van der Waals surface area contributed by atoms with E-state index in [0.717, 1.165) is 125 Å². The monoisotopic (exact) mass is 782 g/mol. The molecule has 10 nitrogen and oxygen atoms in total. The Kier molecular flexibility index (Phi) is 13.7. The molecule has 0 bridgehead atoms. The molecule has 306 valence electrons. The van der Waals surface area contributed by atoms with Gasteiger partial charge in [0, 0.05) is 30.3 Å². The number of likely N-dealkylation sites (tertiary alicyclic amines) is 1. The van der Waals surface area contributed by atoms with E-state index < -0.39 is 5.54 Å². The minimum atomic E-state index is -0.830. The van der Waals surface area contributed by atoms with Crippen LogP contribution in [0.1, 0.15) is 117 Å². The maximum atomic E-state index is 14.6. The summed E-state index contributed by atoms with van der Waals surface area (Å²) >= 11 is 0. The van der Waals surface area contributed by atoms with Gasteiger partial charge >= 0.3 is 0 Å². The van der Waals surface area contributed by atoms with Crippen LogP contribution in [0, 0.1) is 0 Å². The van der Waals surface area contributed by atoms with Crippen molar-refractivity contribution in [1.29, 1.82) is 0 Å². The van der Waals surface area contributed by atoms with Crippen LogP contribution in [-0.4, -0.2) is 85.6 Å². The standard InChI is InChI=1S/C48H62N8O2/c1-5-54(6-2)42(37-17-11-9-12-18-37)44(57)48(30-16-31-51-48)47-50-34-40(53-47)29-27-36-24-22-35(23-25-36)26-28-39-33-49-45(52-39)41-21-15-32-56(41)46(58)43(55(7-3)8-4)38-19-13-10-14-20-38/h9-14,17-20,22-25,33-34,41-43,51H,5-8,15-16,21,26-32H2,1-4H3,(H,49,52)(H,50,53)/t41-,42+,43+,48+/m0/s1. The summed E-state index contributed by atoms with van der Waals surface area (Å²) in [5, 5.41) is 3.60. The summed E-state index contributed by atoms with van der Waals surface area (Å²) < 4.78 is 0. The maximum Gasteiger partial charge on any atom is 0.245 e. The molecular formula is C48H62N8O2. The van der Waals surface area contributed by atoms with Gasteiger partial charge in [-0.15, -0.1) is 0 Å². The van der Waals surface area contributed by atoms with E-state index >= 15 is 0 Å². The third-order valence-electron chi connectivity index (χ3n) is 12.6. The largest absolute Gasteiger partial charge is 0.344 e. The lowest BCUT2D eigenvalue weighted by molar-refractivity contribution is -0.138. The molecule has 4 heterocycles. The number of ketones is 1. The van der Waals surface area contributed by atoms with Crippen molar-refractivity contribution >= 4 is 11.7 Å². The number of amides is 1. The van der Waals surface area contributed by atoms with E-state index in [0.29, 0.717) is 0 Å². The topological polar surface area (TPSA) is 113 Å². The van der Waals surface area contributed by atoms with Crippen LogP contribution < -0.4 is 5.32 Å². The van der Waals surface area contributed by atoms with Gasteiger partial charge in [0.25, 0.3) is 0 Å². The summed E-state index contributed by atoms with van der Waals surface area (Å²) in [5.41, 5.74) is 5.93. The maximum absolute atomic E-state index is 14.6. The highest BCUT2D eigenvalue weighted by Crippen LogP contribution is 2.38. The quantitative estimate of drug-likeness (QED) is 0.0788. The lowest BCUT2D eigenvalue weighted by Gasteiger charge is -2.36. The van der Waals surface area contributed by atoms with E-state index in [1.807, 2.05) is 48.8 Å². The average molecular weight is 783 g/mol. The molecule has 58 heavy (non-hydrogen) atoms. The van der Waals surface area contributed by atoms with Crippen LogP contribution >= 0.6 is 0 Å². The van der Waals surface area contributed by atoms with Crippen molar-refractivity contribution < 1.29 is 9.59 Å². The number of aryl methyl sites for hydroxylation is 4. The number of hydrogen-bond donors (Lipinski definition) is 3. The molecule has 7 rings (SSSR count). The number of imidazole rings is 2. The molecule has 0 aliphatic carbocycles. The van der Waals surface area contributed by atoms with E-state index in [1.165, 1.54) is 11.1 Å². The zero-order valence-corrected chi connectivity index (χ0v) is 34.9. The summed E-state index contributed by atoms with van der Waals surface area (Å²) in [6, 6.07) is 28.6. The second-order valence-corrected chi connectivity index (χ2v) is 15.9. The van der Waals surface area contributed by atoms with Gasteiger partial charge < -0.3 is 14.9 Å². The Morgan fingerprint density at radius 2 is 1.26 bits per heavy atom. The second kappa shape index (κ2) is 19.2. The third kappa shape index (κ3) is 8.89. The first kappa shape index (κ1) is 41.3. The van der Waals surface area contributed by atoms with Gasteiger partial charge in [-0.1, -0.05) is 113 Å². The molecule has 0 spiro atoms. The number of H-pyrrole nitrogens is 2. The Bertz CT molecular complexity index is 2050. The van der Waals surface area contributed by atoms with Crippen molar-refractivity contribution in [3.8, 4) is 0 Å². The van der Waals surface area contributed by atoms with Gasteiger partial charge in [0.05, 0.1) is 12.1 Å². The first-order valence-corrected chi connectivity index (χ1v) is 21.7. The van der Waals surface area contributed by atoms with Gasteiger partial charge in [-0.2, -0.15) is 0 Å². The molecule has 1 amide bonds. The molecule has 0 radical (unpaired) electrons. The molecule has 0 unspecified atom stereocenters. The van der Waals surface area contributed by atoms with E-state index in [9.17, 15) is 9.59 Å². The molecule has 3 aromatic carbocycles. The Morgan fingerprint density at radius 3 is 1.83 bits per heavy atom. The van der Waals surface area contributed by atoms with Crippen molar-refractivity contribution in [2.45, 2.75) is 103 Å².